The Morgan fingerprint density at radius 3 is 2.17 bits per heavy atom. The first-order chi connectivity index (χ1) is 8.13. The van der Waals surface area contributed by atoms with Crippen molar-refractivity contribution in [3.63, 3.8) is 0 Å². The Hall–Kier alpha value is -1.44. The maximum Gasteiger partial charge on any atom is 0.455 e. The van der Waals surface area contributed by atoms with Crippen LogP contribution in [0.25, 0.3) is 0 Å². The van der Waals surface area contributed by atoms with E-state index >= 15 is 0 Å². The first kappa shape index (κ1) is 14.6. The van der Waals surface area contributed by atoms with Crippen molar-refractivity contribution in [2.24, 2.45) is 5.73 Å². The zero-order valence-corrected chi connectivity index (χ0v) is 9.06. The molecule has 0 aliphatic carbocycles. The van der Waals surface area contributed by atoms with Crippen LogP contribution in [0, 0.1) is 5.82 Å². The number of ether oxygens (including phenoxy) is 1. The fraction of sp³-hybridized carbons (Fsp3) is 0.400. The maximum atomic E-state index is 13.3. The standard InChI is InChI=1S/C10H9F6NO/c1-18-6-4-2-3-5(11)7(6)8(17)9(12,13)10(14,15)16/h2-4,8H,17H2,1H3/t8-/m0/s1. The van der Waals surface area contributed by atoms with Crippen LogP contribution in [0.5, 0.6) is 5.75 Å². The monoisotopic (exact) mass is 273 g/mol. The number of rotatable bonds is 3. The summed E-state index contributed by atoms with van der Waals surface area (Å²) in [6, 6.07) is -0.000906. The van der Waals surface area contributed by atoms with Gasteiger partial charge < -0.3 is 10.5 Å². The lowest BCUT2D eigenvalue weighted by Crippen LogP contribution is -2.46. The Labute approximate surface area is 98.3 Å². The van der Waals surface area contributed by atoms with E-state index in [0.29, 0.717) is 0 Å². The van der Waals surface area contributed by atoms with E-state index in [2.05, 4.69) is 4.74 Å². The van der Waals surface area contributed by atoms with Crippen molar-refractivity contribution in [1.29, 1.82) is 0 Å². The molecule has 0 fully saturated rings. The third kappa shape index (κ3) is 2.38. The summed E-state index contributed by atoms with van der Waals surface area (Å²) in [6.07, 6.45) is -5.88. The molecule has 102 valence electrons. The highest BCUT2D eigenvalue weighted by atomic mass is 19.4. The molecular formula is C10H9F6NO. The second-order valence-corrected chi connectivity index (χ2v) is 3.45. The number of nitrogens with two attached hydrogens (primary N) is 1. The molecule has 0 saturated heterocycles. The second-order valence-electron chi connectivity index (χ2n) is 3.45. The van der Waals surface area contributed by atoms with Crippen molar-refractivity contribution in [2.75, 3.05) is 7.11 Å². The lowest BCUT2D eigenvalue weighted by atomic mass is 9.99. The summed E-state index contributed by atoms with van der Waals surface area (Å²) >= 11 is 0. The van der Waals surface area contributed by atoms with Crippen LogP contribution in [0.1, 0.15) is 11.6 Å². The van der Waals surface area contributed by atoms with Gasteiger partial charge in [0.2, 0.25) is 0 Å². The lowest BCUT2D eigenvalue weighted by Gasteiger charge is -2.27. The van der Waals surface area contributed by atoms with Crippen LogP contribution in [0.3, 0.4) is 0 Å². The number of hydrogen-bond donors (Lipinski definition) is 1. The van der Waals surface area contributed by atoms with E-state index in [1.807, 2.05) is 0 Å². The Morgan fingerprint density at radius 2 is 1.72 bits per heavy atom. The molecule has 2 nitrogen and oxygen atoms in total. The van der Waals surface area contributed by atoms with Crippen molar-refractivity contribution < 1.29 is 31.1 Å². The van der Waals surface area contributed by atoms with E-state index in [4.69, 9.17) is 5.73 Å². The third-order valence-corrected chi connectivity index (χ3v) is 2.31. The number of benzene rings is 1. The van der Waals surface area contributed by atoms with Gasteiger partial charge in [0.05, 0.1) is 12.7 Å². The average molecular weight is 273 g/mol. The normalized spacial score (nSPS) is 14.4. The van der Waals surface area contributed by atoms with Gasteiger partial charge in [0.1, 0.15) is 17.6 Å². The molecule has 18 heavy (non-hydrogen) atoms. The summed E-state index contributed by atoms with van der Waals surface area (Å²) in [5, 5.41) is 0. The molecule has 0 radical (unpaired) electrons. The van der Waals surface area contributed by atoms with Gasteiger partial charge in [-0.05, 0) is 12.1 Å². The first-order valence-corrected chi connectivity index (χ1v) is 4.65. The number of alkyl halides is 5. The van der Waals surface area contributed by atoms with Gasteiger partial charge in [-0.3, -0.25) is 0 Å². The smallest absolute Gasteiger partial charge is 0.455 e. The molecule has 1 aromatic carbocycles. The molecule has 0 saturated carbocycles. The summed E-state index contributed by atoms with van der Waals surface area (Å²) < 4.78 is 80.4. The fourth-order valence-corrected chi connectivity index (χ4v) is 1.35. The SMILES string of the molecule is COc1cccc(F)c1[C@H](N)C(F)(F)C(F)(F)F. The molecule has 0 aliphatic rings. The molecule has 0 bridgehead atoms. The minimum atomic E-state index is -5.88. The second kappa shape index (κ2) is 4.68. The van der Waals surface area contributed by atoms with Crippen LogP contribution in [0.4, 0.5) is 26.3 Å². The van der Waals surface area contributed by atoms with E-state index in [9.17, 15) is 26.3 Å². The molecule has 0 unspecified atom stereocenters. The molecular weight excluding hydrogens is 264 g/mol. The van der Waals surface area contributed by atoms with Gasteiger partial charge in [0, 0.05) is 0 Å². The molecule has 0 aliphatic heterocycles. The minimum absolute atomic E-state index is 0.466. The number of hydrogen-bond acceptors (Lipinski definition) is 2. The summed E-state index contributed by atoms with van der Waals surface area (Å²) in [4.78, 5) is 0. The van der Waals surface area contributed by atoms with Gasteiger partial charge in [-0.2, -0.15) is 22.0 Å². The molecule has 1 atom stereocenters. The van der Waals surface area contributed by atoms with Crippen LogP contribution in [0.15, 0.2) is 18.2 Å². The first-order valence-electron chi connectivity index (χ1n) is 4.65. The van der Waals surface area contributed by atoms with E-state index in [0.717, 1.165) is 25.3 Å². The predicted molar refractivity (Wildman–Crippen MR) is 50.9 cm³/mol. The largest absolute Gasteiger partial charge is 0.496 e. The van der Waals surface area contributed by atoms with Crippen LogP contribution < -0.4 is 10.5 Å². The van der Waals surface area contributed by atoms with Crippen LogP contribution in [-0.4, -0.2) is 19.2 Å². The molecule has 0 amide bonds. The van der Waals surface area contributed by atoms with Crippen molar-refractivity contribution in [1.82, 2.24) is 0 Å². The Bertz CT molecular complexity index is 431. The highest BCUT2D eigenvalue weighted by Gasteiger charge is 2.62. The summed E-state index contributed by atoms with van der Waals surface area (Å²) in [5.74, 6) is -7.01. The summed E-state index contributed by atoms with van der Waals surface area (Å²) in [7, 11) is 1.01. The molecule has 1 rings (SSSR count). The molecule has 0 spiro atoms. The molecule has 8 heteroatoms. The molecule has 1 aromatic rings. The fourth-order valence-electron chi connectivity index (χ4n) is 1.35. The lowest BCUT2D eigenvalue weighted by molar-refractivity contribution is -0.291. The van der Waals surface area contributed by atoms with Crippen molar-refractivity contribution >= 4 is 0 Å². The zero-order valence-electron chi connectivity index (χ0n) is 9.06. The molecule has 0 aromatic heterocycles. The van der Waals surface area contributed by atoms with E-state index < -0.39 is 35.3 Å². The summed E-state index contributed by atoms with van der Waals surface area (Å²) in [5.41, 5.74) is 3.83. The highest BCUT2D eigenvalue weighted by molar-refractivity contribution is 5.38. The number of methoxy groups -OCH3 is 1. The third-order valence-electron chi connectivity index (χ3n) is 2.31. The van der Waals surface area contributed by atoms with Gasteiger partial charge in [-0.1, -0.05) is 6.07 Å². The van der Waals surface area contributed by atoms with E-state index in [1.165, 1.54) is 0 Å². The average Bonchev–Trinajstić information content (AvgIpc) is 2.26. The highest BCUT2D eigenvalue weighted by Crippen LogP contribution is 2.45. The van der Waals surface area contributed by atoms with E-state index in [-0.39, 0.29) is 0 Å². The molecule has 0 heterocycles. The van der Waals surface area contributed by atoms with Crippen LogP contribution in [-0.2, 0) is 0 Å². The minimum Gasteiger partial charge on any atom is -0.496 e. The Balaban J connectivity index is 3.31. The predicted octanol–water partition coefficient (Wildman–Crippen LogP) is 3.03. The molecule has 2 N–H and O–H groups in total. The van der Waals surface area contributed by atoms with Gasteiger partial charge in [-0.25, -0.2) is 4.39 Å². The van der Waals surface area contributed by atoms with E-state index in [1.54, 1.807) is 0 Å². The van der Waals surface area contributed by atoms with Gasteiger partial charge in [0.15, 0.2) is 0 Å². The summed E-state index contributed by atoms with van der Waals surface area (Å²) in [6.45, 7) is 0. The maximum absolute atomic E-state index is 13.3. The van der Waals surface area contributed by atoms with Crippen molar-refractivity contribution in [2.45, 2.75) is 18.1 Å². The Kier molecular flexibility index (Phi) is 3.80. The van der Waals surface area contributed by atoms with Gasteiger partial charge in [0.25, 0.3) is 0 Å². The van der Waals surface area contributed by atoms with Gasteiger partial charge in [-0.15, -0.1) is 0 Å². The zero-order chi connectivity index (χ0) is 14.1. The van der Waals surface area contributed by atoms with Crippen molar-refractivity contribution in [3.8, 4) is 5.75 Å². The van der Waals surface area contributed by atoms with Crippen LogP contribution in [0.2, 0.25) is 0 Å². The topological polar surface area (TPSA) is 35.2 Å². The van der Waals surface area contributed by atoms with Crippen molar-refractivity contribution in [3.05, 3.63) is 29.6 Å². The number of halogens is 6. The van der Waals surface area contributed by atoms with Gasteiger partial charge >= 0.3 is 12.1 Å². The van der Waals surface area contributed by atoms with Crippen LogP contribution >= 0.6 is 0 Å². The Morgan fingerprint density at radius 1 is 1.17 bits per heavy atom. The quantitative estimate of drug-likeness (QED) is 0.859.